The summed E-state index contributed by atoms with van der Waals surface area (Å²) in [6.07, 6.45) is 5.44. The van der Waals surface area contributed by atoms with Crippen LogP contribution in [0.25, 0.3) is 33.1 Å². The summed E-state index contributed by atoms with van der Waals surface area (Å²) in [4.78, 5) is 17.6. The lowest BCUT2D eigenvalue weighted by molar-refractivity contribution is 0.362. The highest BCUT2D eigenvalue weighted by Crippen LogP contribution is 2.36. The highest BCUT2D eigenvalue weighted by molar-refractivity contribution is 5.93. The summed E-state index contributed by atoms with van der Waals surface area (Å²) < 4.78 is 3.41. The molecule has 0 radical (unpaired) electrons. The fourth-order valence-electron chi connectivity index (χ4n) is 4.24. The molecule has 1 fully saturated rings. The first kappa shape index (κ1) is 18.3. The molecule has 1 aliphatic heterocycles. The maximum absolute atomic E-state index is 13.0. The zero-order valence-electron chi connectivity index (χ0n) is 16.5. The van der Waals surface area contributed by atoms with Crippen molar-refractivity contribution in [1.82, 2.24) is 24.6 Å². The topological polar surface area (TPSA) is 109 Å². The fraction of sp³-hybridized carbons (Fsp3) is 0.273. The number of aryl methyl sites for hydroxylation is 1. The minimum absolute atomic E-state index is 0.0527. The Kier molecular flexibility index (Phi) is 4.26. The van der Waals surface area contributed by atoms with Gasteiger partial charge in [0.1, 0.15) is 22.9 Å². The highest BCUT2D eigenvalue weighted by Gasteiger charge is 2.20. The summed E-state index contributed by atoms with van der Waals surface area (Å²) in [6, 6.07) is 9.30. The molecule has 0 unspecified atom stereocenters. The van der Waals surface area contributed by atoms with Crippen LogP contribution in [0.4, 0.5) is 0 Å². The highest BCUT2D eigenvalue weighted by atomic mass is 16.3. The van der Waals surface area contributed by atoms with Crippen molar-refractivity contribution in [2.45, 2.75) is 18.9 Å². The van der Waals surface area contributed by atoms with Gasteiger partial charge in [0.2, 0.25) is 0 Å². The van der Waals surface area contributed by atoms with Crippen LogP contribution < -0.4 is 10.9 Å². The molecular formula is C22H20N6O2. The number of pyridine rings is 2. The first-order chi connectivity index (χ1) is 14.6. The van der Waals surface area contributed by atoms with Crippen LogP contribution in [0.2, 0.25) is 0 Å². The molecule has 0 atom stereocenters. The maximum Gasteiger partial charge on any atom is 0.260 e. The predicted molar refractivity (Wildman–Crippen MR) is 113 cm³/mol. The van der Waals surface area contributed by atoms with Gasteiger partial charge in [-0.2, -0.15) is 10.4 Å². The SMILES string of the molecule is Cn1cc2cc(-c3ccc4c(=O)n(C5CCNCC5)ccc4n3)c(O)c(C#N)c2n1. The van der Waals surface area contributed by atoms with Gasteiger partial charge in [-0.15, -0.1) is 0 Å². The Balaban J connectivity index is 1.65. The minimum atomic E-state index is -0.154. The fourth-order valence-corrected chi connectivity index (χ4v) is 4.24. The number of hydrogen-bond donors (Lipinski definition) is 2. The van der Waals surface area contributed by atoms with E-state index in [0.29, 0.717) is 27.7 Å². The van der Waals surface area contributed by atoms with E-state index < -0.39 is 0 Å². The van der Waals surface area contributed by atoms with Gasteiger partial charge in [0.05, 0.1) is 16.6 Å². The second kappa shape index (κ2) is 6.97. The van der Waals surface area contributed by atoms with Gasteiger partial charge < -0.3 is 15.0 Å². The molecular weight excluding hydrogens is 380 g/mol. The Morgan fingerprint density at radius 2 is 2.07 bits per heavy atom. The molecule has 8 nitrogen and oxygen atoms in total. The third kappa shape index (κ3) is 2.83. The number of aromatic nitrogens is 4. The van der Waals surface area contributed by atoms with Crippen LogP contribution in [0.3, 0.4) is 0 Å². The van der Waals surface area contributed by atoms with Gasteiger partial charge in [-0.05, 0) is 50.2 Å². The van der Waals surface area contributed by atoms with E-state index in [1.165, 1.54) is 0 Å². The number of nitriles is 1. The van der Waals surface area contributed by atoms with Crippen molar-refractivity contribution in [2.75, 3.05) is 13.1 Å². The van der Waals surface area contributed by atoms with Crippen molar-refractivity contribution in [1.29, 1.82) is 5.26 Å². The summed E-state index contributed by atoms with van der Waals surface area (Å²) in [7, 11) is 1.76. The Hall–Kier alpha value is -3.70. The second-order valence-electron chi connectivity index (χ2n) is 7.64. The molecule has 4 aromatic rings. The van der Waals surface area contributed by atoms with Crippen LogP contribution in [0, 0.1) is 11.3 Å². The van der Waals surface area contributed by atoms with Gasteiger partial charge in [0.25, 0.3) is 5.56 Å². The summed E-state index contributed by atoms with van der Waals surface area (Å²) in [5, 5.41) is 29.1. The Bertz CT molecular complexity index is 1390. The third-order valence-corrected chi connectivity index (χ3v) is 5.76. The number of fused-ring (bicyclic) bond motifs is 2. The molecule has 1 aliphatic rings. The van der Waals surface area contributed by atoms with E-state index in [1.807, 2.05) is 18.3 Å². The van der Waals surface area contributed by atoms with Crippen LogP contribution in [-0.2, 0) is 7.05 Å². The second-order valence-corrected chi connectivity index (χ2v) is 7.64. The Labute approximate surface area is 172 Å². The van der Waals surface area contributed by atoms with Crippen molar-refractivity contribution >= 4 is 21.8 Å². The van der Waals surface area contributed by atoms with Gasteiger partial charge >= 0.3 is 0 Å². The van der Waals surface area contributed by atoms with Crippen LogP contribution in [0.5, 0.6) is 5.75 Å². The van der Waals surface area contributed by atoms with Crippen LogP contribution in [0.1, 0.15) is 24.4 Å². The molecule has 4 heterocycles. The van der Waals surface area contributed by atoms with Crippen molar-refractivity contribution in [3.8, 4) is 23.1 Å². The number of phenolic OH excluding ortho intramolecular Hbond substituents is 1. The van der Waals surface area contributed by atoms with Crippen molar-refractivity contribution in [3.05, 3.63) is 52.6 Å². The maximum atomic E-state index is 13.0. The molecule has 0 amide bonds. The molecule has 0 bridgehead atoms. The first-order valence-corrected chi connectivity index (χ1v) is 9.89. The zero-order valence-corrected chi connectivity index (χ0v) is 16.5. The largest absolute Gasteiger partial charge is 0.506 e. The summed E-state index contributed by atoms with van der Waals surface area (Å²) in [5.74, 6) is -0.154. The minimum Gasteiger partial charge on any atom is -0.506 e. The number of nitrogens with zero attached hydrogens (tertiary/aromatic N) is 5. The zero-order chi connectivity index (χ0) is 20.8. The molecule has 1 aromatic carbocycles. The molecule has 150 valence electrons. The molecule has 2 N–H and O–H groups in total. The van der Waals surface area contributed by atoms with E-state index in [9.17, 15) is 15.2 Å². The van der Waals surface area contributed by atoms with E-state index in [0.717, 1.165) is 31.3 Å². The van der Waals surface area contributed by atoms with Gasteiger partial charge in [-0.3, -0.25) is 9.48 Å². The quantitative estimate of drug-likeness (QED) is 0.535. The molecule has 0 aliphatic carbocycles. The van der Waals surface area contributed by atoms with Crippen LogP contribution in [0.15, 0.2) is 41.5 Å². The van der Waals surface area contributed by atoms with Crippen LogP contribution in [-0.4, -0.2) is 37.5 Å². The number of aromatic hydroxyl groups is 1. The number of piperidine rings is 1. The van der Waals surface area contributed by atoms with Gasteiger partial charge in [0, 0.05) is 36.4 Å². The van der Waals surface area contributed by atoms with E-state index in [2.05, 4.69) is 15.4 Å². The smallest absolute Gasteiger partial charge is 0.260 e. The number of hydrogen-bond acceptors (Lipinski definition) is 6. The van der Waals surface area contributed by atoms with Crippen molar-refractivity contribution in [3.63, 3.8) is 0 Å². The lowest BCUT2D eigenvalue weighted by atomic mass is 10.0. The van der Waals surface area contributed by atoms with Crippen molar-refractivity contribution in [2.24, 2.45) is 7.05 Å². The summed E-state index contributed by atoms with van der Waals surface area (Å²) >= 11 is 0. The number of rotatable bonds is 2. The normalized spacial score (nSPS) is 14.9. The Morgan fingerprint density at radius 3 is 2.83 bits per heavy atom. The lowest BCUT2D eigenvalue weighted by Gasteiger charge is -2.24. The van der Waals surface area contributed by atoms with E-state index in [1.54, 1.807) is 40.7 Å². The van der Waals surface area contributed by atoms with E-state index in [4.69, 9.17) is 0 Å². The van der Waals surface area contributed by atoms with Crippen LogP contribution >= 0.6 is 0 Å². The molecule has 0 saturated carbocycles. The van der Waals surface area contributed by atoms with Gasteiger partial charge in [0.15, 0.2) is 0 Å². The van der Waals surface area contributed by atoms with Gasteiger partial charge in [-0.25, -0.2) is 4.98 Å². The molecule has 0 spiro atoms. The average molecular weight is 400 g/mol. The molecule has 1 saturated heterocycles. The summed E-state index contributed by atoms with van der Waals surface area (Å²) in [5.41, 5.74) is 2.02. The Morgan fingerprint density at radius 1 is 1.27 bits per heavy atom. The molecule has 8 heteroatoms. The first-order valence-electron chi connectivity index (χ1n) is 9.89. The van der Waals surface area contributed by atoms with E-state index >= 15 is 0 Å². The average Bonchev–Trinajstić information content (AvgIpc) is 3.14. The van der Waals surface area contributed by atoms with E-state index in [-0.39, 0.29) is 22.9 Å². The number of benzene rings is 1. The molecule has 3 aromatic heterocycles. The molecule has 5 rings (SSSR count). The van der Waals surface area contributed by atoms with Gasteiger partial charge in [-0.1, -0.05) is 0 Å². The van der Waals surface area contributed by atoms with Crippen molar-refractivity contribution < 1.29 is 5.11 Å². The number of nitrogens with one attached hydrogen (secondary N) is 1. The molecule has 30 heavy (non-hydrogen) atoms. The number of phenols is 1. The predicted octanol–water partition coefficient (Wildman–Crippen LogP) is 2.45. The standard InChI is InChI=1S/C22H20N6O2/c1-27-12-13-10-16(21(29)17(11-23)20(13)26-27)18-3-2-15-19(25-18)6-9-28(22(15)30)14-4-7-24-8-5-14/h2-3,6,9-10,12,14,24,29H,4-5,7-8H2,1H3. The third-order valence-electron chi connectivity index (χ3n) is 5.76. The summed E-state index contributed by atoms with van der Waals surface area (Å²) in [6.45, 7) is 1.81. The lowest BCUT2D eigenvalue weighted by Crippen LogP contribution is -2.34. The monoisotopic (exact) mass is 400 g/mol.